The number of amides is 1. The molecule has 0 saturated heterocycles. The Kier molecular flexibility index (Phi) is 6.38. The normalized spacial score (nSPS) is 12.4. The van der Waals surface area contributed by atoms with Crippen molar-refractivity contribution in [2.45, 2.75) is 38.4 Å². The summed E-state index contributed by atoms with van der Waals surface area (Å²) in [6, 6.07) is 8.46. The molecule has 0 aliphatic rings. The number of hydrogen-bond donors (Lipinski definition) is 1. The summed E-state index contributed by atoms with van der Waals surface area (Å²) >= 11 is 0. The molecule has 1 amide bonds. The molecule has 1 N–H and O–H groups in total. The lowest BCUT2D eigenvalue weighted by Crippen LogP contribution is -2.34. The molecule has 0 aliphatic carbocycles. The molecule has 6 heteroatoms. The average molecular weight is 308 g/mol. The lowest BCUT2D eigenvalue weighted by atomic mass is 10.2. The average Bonchev–Trinajstić information content (AvgIpc) is 2.47. The van der Waals surface area contributed by atoms with E-state index in [9.17, 15) is 13.2 Å². The molecule has 5 nitrogen and oxygen atoms in total. The van der Waals surface area contributed by atoms with Crippen molar-refractivity contribution in [3.8, 4) is 6.07 Å². The molecule has 0 radical (unpaired) electrons. The number of nitrogens with zero attached hydrogens (tertiary/aromatic N) is 1. The lowest BCUT2D eigenvalue weighted by Gasteiger charge is -2.13. The summed E-state index contributed by atoms with van der Waals surface area (Å²) in [5, 5.41) is 10.3. The van der Waals surface area contributed by atoms with Crippen LogP contribution in [0.3, 0.4) is 0 Å². The van der Waals surface area contributed by atoms with Gasteiger partial charge < -0.3 is 5.32 Å². The van der Waals surface area contributed by atoms with E-state index in [1.807, 2.05) is 13.0 Å². The second kappa shape index (κ2) is 7.79. The van der Waals surface area contributed by atoms with Crippen molar-refractivity contribution in [2.75, 3.05) is 11.1 Å². The maximum atomic E-state index is 12.1. The highest BCUT2D eigenvalue weighted by Crippen LogP contribution is 2.15. The summed E-state index contributed by atoms with van der Waals surface area (Å²) in [4.78, 5) is 12.1. The monoisotopic (exact) mass is 308 g/mol. The first-order valence-electron chi connectivity index (χ1n) is 6.94. The second-order valence-electron chi connectivity index (χ2n) is 4.86. The van der Waals surface area contributed by atoms with E-state index in [0.29, 0.717) is 17.7 Å². The van der Waals surface area contributed by atoms with Crippen LogP contribution in [0.2, 0.25) is 0 Å². The zero-order chi connectivity index (χ0) is 15.9. The first-order chi connectivity index (χ1) is 9.92. The van der Waals surface area contributed by atoms with E-state index in [1.165, 1.54) is 6.92 Å². The Hall–Kier alpha value is -1.87. The SMILES string of the molecule is CCCCCS(=O)(=O)C(C)C(=O)Nc1ccccc1C#N. The summed E-state index contributed by atoms with van der Waals surface area (Å²) < 4.78 is 24.1. The molecule has 1 aromatic carbocycles. The van der Waals surface area contributed by atoms with Crippen LogP contribution in [0.15, 0.2) is 24.3 Å². The summed E-state index contributed by atoms with van der Waals surface area (Å²) in [5.41, 5.74) is 0.641. The van der Waals surface area contributed by atoms with Crippen LogP contribution < -0.4 is 5.32 Å². The Morgan fingerprint density at radius 1 is 1.33 bits per heavy atom. The molecule has 0 aliphatic heterocycles. The number of rotatable bonds is 7. The highest BCUT2D eigenvalue weighted by atomic mass is 32.2. The van der Waals surface area contributed by atoms with Gasteiger partial charge in [-0.15, -0.1) is 0 Å². The second-order valence-corrected chi connectivity index (χ2v) is 7.30. The number of sulfone groups is 1. The summed E-state index contributed by atoms with van der Waals surface area (Å²) in [6.07, 6.45) is 2.31. The third kappa shape index (κ3) is 4.87. The van der Waals surface area contributed by atoms with E-state index in [1.54, 1.807) is 24.3 Å². The van der Waals surface area contributed by atoms with Gasteiger partial charge in [0.2, 0.25) is 5.91 Å². The van der Waals surface area contributed by atoms with Crippen molar-refractivity contribution in [1.82, 2.24) is 0 Å². The maximum absolute atomic E-state index is 12.1. The quantitative estimate of drug-likeness (QED) is 0.784. The van der Waals surface area contributed by atoms with Gasteiger partial charge in [0, 0.05) is 0 Å². The topological polar surface area (TPSA) is 87.0 Å². The van der Waals surface area contributed by atoms with E-state index in [0.717, 1.165) is 12.8 Å². The van der Waals surface area contributed by atoms with Crippen molar-refractivity contribution in [2.24, 2.45) is 0 Å². The Bertz CT molecular complexity index is 633. The van der Waals surface area contributed by atoms with Crippen LogP contribution in [0.5, 0.6) is 0 Å². The van der Waals surface area contributed by atoms with Crippen molar-refractivity contribution < 1.29 is 13.2 Å². The summed E-state index contributed by atoms with van der Waals surface area (Å²) in [6.45, 7) is 3.37. The number of nitriles is 1. The number of unbranched alkanes of at least 4 members (excludes halogenated alkanes) is 2. The number of para-hydroxylation sites is 1. The molecule has 0 saturated carbocycles. The van der Waals surface area contributed by atoms with Gasteiger partial charge in [-0.25, -0.2) is 8.42 Å². The predicted octanol–water partition coefficient (Wildman–Crippen LogP) is 2.49. The Labute approximate surface area is 125 Å². The number of anilines is 1. The zero-order valence-electron chi connectivity index (χ0n) is 12.3. The number of hydrogen-bond acceptors (Lipinski definition) is 4. The maximum Gasteiger partial charge on any atom is 0.242 e. The Balaban J connectivity index is 2.77. The number of carbonyl (C=O) groups excluding carboxylic acids is 1. The lowest BCUT2D eigenvalue weighted by molar-refractivity contribution is -0.115. The number of benzene rings is 1. The van der Waals surface area contributed by atoms with Gasteiger partial charge in [-0.2, -0.15) is 5.26 Å². The molecule has 1 unspecified atom stereocenters. The standard InChI is InChI=1S/C15H20N2O3S/c1-3-4-7-10-21(19,20)12(2)15(18)17-14-9-6-5-8-13(14)11-16/h5-6,8-9,12H,3-4,7,10H2,1-2H3,(H,17,18). The van der Waals surface area contributed by atoms with Gasteiger partial charge in [0.25, 0.3) is 0 Å². The molecule has 0 aromatic heterocycles. The fourth-order valence-corrected chi connectivity index (χ4v) is 3.16. The largest absolute Gasteiger partial charge is 0.324 e. The van der Waals surface area contributed by atoms with Crippen molar-refractivity contribution in [1.29, 1.82) is 5.26 Å². The van der Waals surface area contributed by atoms with E-state index in [-0.39, 0.29) is 5.75 Å². The van der Waals surface area contributed by atoms with Crippen LogP contribution in [0.1, 0.15) is 38.7 Å². The third-order valence-corrected chi connectivity index (χ3v) is 5.39. The van der Waals surface area contributed by atoms with Gasteiger partial charge in [0.15, 0.2) is 9.84 Å². The number of nitrogens with one attached hydrogen (secondary N) is 1. The number of carbonyl (C=O) groups is 1. The summed E-state index contributed by atoms with van der Waals surface area (Å²) in [7, 11) is -3.47. The highest BCUT2D eigenvalue weighted by Gasteiger charge is 2.27. The van der Waals surface area contributed by atoms with Gasteiger partial charge in [-0.3, -0.25) is 4.79 Å². The Morgan fingerprint density at radius 2 is 2.00 bits per heavy atom. The minimum atomic E-state index is -3.47. The molecule has 0 spiro atoms. The van der Waals surface area contributed by atoms with Gasteiger partial charge in [-0.1, -0.05) is 31.9 Å². The molecule has 0 heterocycles. The predicted molar refractivity (Wildman–Crippen MR) is 82.6 cm³/mol. The van der Waals surface area contributed by atoms with E-state index in [2.05, 4.69) is 5.32 Å². The van der Waals surface area contributed by atoms with Crippen LogP contribution in [-0.4, -0.2) is 25.3 Å². The third-order valence-electron chi connectivity index (χ3n) is 3.25. The van der Waals surface area contributed by atoms with Crippen molar-refractivity contribution in [3.63, 3.8) is 0 Å². The highest BCUT2D eigenvalue weighted by molar-refractivity contribution is 7.92. The molecule has 0 bridgehead atoms. The van der Waals surface area contributed by atoms with Crippen LogP contribution in [0.4, 0.5) is 5.69 Å². The van der Waals surface area contributed by atoms with Crippen molar-refractivity contribution >= 4 is 21.4 Å². The van der Waals surface area contributed by atoms with Crippen LogP contribution in [0.25, 0.3) is 0 Å². The van der Waals surface area contributed by atoms with Gasteiger partial charge >= 0.3 is 0 Å². The van der Waals surface area contributed by atoms with Gasteiger partial charge in [0.05, 0.1) is 17.0 Å². The van der Waals surface area contributed by atoms with Gasteiger partial charge in [-0.05, 0) is 25.5 Å². The first-order valence-corrected chi connectivity index (χ1v) is 8.65. The van der Waals surface area contributed by atoms with E-state index in [4.69, 9.17) is 5.26 Å². The molecule has 0 fully saturated rings. The fourth-order valence-electron chi connectivity index (χ4n) is 1.82. The van der Waals surface area contributed by atoms with Crippen molar-refractivity contribution in [3.05, 3.63) is 29.8 Å². The molecular weight excluding hydrogens is 288 g/mol. The van der Waals surface area contributed by atoms with E-state index < -0.39 is 21.0 Å². The molecule has 114 valence electrons. The van der Waals surface area contributed by atoms with E-state index >= 15 is 0 Å². The minimum Gasteiger partial charge on any atom is -0.324 e. The van der Waals surface area contributed by atoms with Gasteiger partial charge in [0.1, 0.15) is 11.3 Å². The van der Waals surface area contributed by atoms with Crippen LogP contribution >= 0.6 is 0 Å². The molecule has 1 rings (SSSR count). The Morgan fingerprint density at radius 3 is 2.62 bits per heavy atom. The zero-order valence-corrected chi connectivity index (χ0v) is 13.1. The first kappa shape index (κ1) is 17.2. The molecular formula is C15H20N2O3S. The van der Waals surface area contributed by atoms with Crippen LogP contribution in [0, 0.1) is 11.3 Å². The smallest absolute Gasteiger partial charge is 0.242 e. The molecule has 21 heavy (non-hydrogen) atoms. The minimum absolute atomic E-state index is 0.00925. The molecule has 1 aromatic rings. The molecule has 1 atom stereocenters. The fraction of sp³-hybridized carbons (Fsp3) is 0.467. The summed E-state index contributed by atoms with van der Waals surface area (Å²) in [5.74, 6) is -0.593. The van der Waals surface area contributed by atoms with Crippen LogP contribution in [-0.2, 0) is 14.6 Å².